The highest BCUT2D eigenvalue weighted by molar-refractivity contribution is 5.89. The maximum absolute atomic E-state index is 11.0. The molecular weight excluding hydrogens is 212 g/mol. The summed E-state index contributed by atoms with van der Waals surface area (Å²) in [7, 11) is 0. The number of carbonyl (C=O) groups excluding carboxylic acids is 1. The highest BCUT2D eigenvalue weighted by Crippen LogP contribution is 2.23. The Hall–Kier alpha value is -2.16. The summed E-state index contributed by atoms with van der Waals surface area (Å²) in [5.74, 6) is -0.0602. The second-order valence-electron chi connectivity index (χ2n) is 3.93. The number of benzene rings is 1. The van der Waals surface area contributed by atoms with Gasteiger partial charge in [-0.25, -0.2) is 0 Å². The van der Waals surface area contributed by atoms with E-state index in [1.807, 2.05) is 43.3 Å². The second kappa shape index (κ2) is 4.78. The fraction of sp³-hybridized carbons (Fsp3) is 0.143. The monoisotopic (exact) mass is 226 g/mol. The van der Waals surface area contributed by atoms with Crippen LogP contribution in [0.2, 0.25) is 0 Å². The molecule has 0 unspecified atom stereocenters. The van der Waals surface area contributed by atoms with Gasteiger partial charge in [-0.15, -0.1) is 0 Å². The van der Waals surface area contributed by atoms with E-state index >= 15 is 0 Å². The lowest BCUT2D eigenvalue weighted by Crippen LogP contribution is -2.05. The fourth-order valence-corrected chi connectivity index (χ4v) is 1.75. The molecule has 3 nitrogen and oxygen atoms in total. The topological polar surface area (TPSA) is 42.0 Å². The summed E-state index contributed by atoms with van der Waals surface area (Å²) in [6.45, 7) is 3.51. The lowest BCUT2D eigenvalue weighted by atomic mass is 10.0. The molecule has 1 aromatic heterocycles. The van der Waals surface area contributed by atoms with E-state index in [-0.39, 0.29) is 5.91 Å². The van der Waals surface area contributed by atoms with E-state index in [1.54, 1.807) is 6.20 Å². The van der Waals surface area contributed by atoms with Crippen molar-refractivity contribution in [3.63, 3.8) is 0 Å². The summed E-state index contributed by atoms with van der Waals surface area (Å²) in [4.78, 5) is 15.3. The molecule has 17 heavy (non-hydrogen) atoms. The van der Waals surface area contributed by atoms with Gasteiger partial charge in [0.25, 0.3) is 0 Å². The predicted octanol–water partition coefficient (Wildman–Crippen LogP) is 3.02. The average Bonchev–Trinajstić information content (AvgIpc) is 2.29. The van der Waals surface area contributed by atoms with E-state index in [0.29, 0.717) is 0 Å². The van der Waals surface area contributed by atoms with Gasteiger partial charge in [-0.1, -0.05) is 12.1 Å². The van der Waals surface area contributed by atoms with Crippen molar-refractivity contribution < 1.29 is 4.79 Å². The first-order valence-electron chi connectivity index (χ1n) is 5.46. The fourth-order valence-electron chi connectivity index (χ4n) is 1.75. The van der Waals surface area contributed by atoms with Gasteiger partial charge in [0.2, 0.25) is 5.91 Å². The van der Waals surface area contributed by atoms with Crippen LogP contribution in [0.4, 0.5) is 5.69 Å². The van der Waals surface area contributed by atoms with Crippen LogP contribution in [-0.4, -0.2) is 10.9 Å². The third-order valence-corrected chi connectivity index (χ3v) is 2.49. The molecule has 1 aromatic carbocycles. The molecule has 0 fully saturated rings. The molecule has 0 saturated heterocycles. The molecule has 0 radical (unpaired) electrons. The Morgan fingerprint density at radius 3 is 2.65 bits per heavy atom. The SMILES string of the molecule is CC(=O)Nc1ccc(-c2ccccn2)c(C)c1. The lowest BCUT2D eigenvalue weighted by Gasteiger charge is -2.08. The molecule has 0 atom stereocenters. The number of hydrogen-bond acceptors (Lipinski definition) is 2. The number of rotatable bonds is 2. The Balaban J connectivity index is 2.35. The molecule has 0 aliphatic carbocycles. The Morgan fingerprint density at radius 1 is 1.24 bits per heavy atom. The van der Waals surface area contributed by atoms with Crippen LogP contribution in [0, 0.1) is 6.92 Å². The predicted molar refractivity (Wildman–Crippen MR) is 68.7 cm³/mol. The molecule has 1 N–H and O–H groups in total. The van der Waals surface area contributed by atoms with Crippen molar-refractivity contribution in [2.24, 2.45) is 0 Å². The number of nitrogens with one attached hydrogen (secondary N) is 1. The molecule has 1 heterocycles. The first-order chi connectivity index (χ1) is 8.16. The van der Waals surface area contributed by atoms with E-state index < -0.39 is 0 Å². The van der Waals surface area contributed by atoms with E-state index in [4.69, 9.17) is 0 Å². The van der Waals surface area contributed by atoms with E-state index in [0.717, 1.165) is 22.5 Å². The molecule has 0 spiro atoms. The highest BCUT2D eigenvalue weighted by atomic mass is 16.1. The van der Waals surface area contributed by atoms with Crippen molar-refractivity contribution in [1.29, 1.82) is 0 Å². The molecule has 0 saturated carbocycles. The van der Waals surface area contributed by atoms with Gasteiger partial charge in [0, 0.05) is 24.4 Å². The maximum atomic E-state index is 11.0. The Bertz CT molecular complexity index is 535. The largest absolute Gasteiger partial charge is 0.326 e. The smallest absolute Gasteiger partial charge is 0.221 e. The van der Waals surface area contributed by atoms with Crippen molar-refractivity contribution in [3.05, 3.63) is 48.2 Å². The van der Waals surface area contributed by atoms with Crippen molar-refractivity contribution in [3.8, 4) is 11.3 Å². The number of nitrogens with zero attached hydrogens (tertiary/aromatic N) is 1. The first-order valence-corrected chi connectivity index (χ1v) is 5.46. The van der Waals surface area contributed by atoms with E-state index in [1.165, 1.54) is 6.92 Å². The van der Waals surface area contributed by atoms with Crippen LogP contribution in [0.15, 0.2) is 42.6 Å². The standard InChI is InChI=1S/C14H14N2O/c1-10-9-12(16-11(2)17)6-7-13(10)14-5-3-4-8-15-14/h3-9H,1-2H3,(H,16,17). The lowest BCUT2D eigenvalue weighted by molar-refractivity contribution is -0.114. The summed E-state index contributed by atoms with van der Waals surface area (Å²) in [6, 6.07) is 11.6. The van der Waals surface area contributed by atoms with Gasteiger partial charge < -0.3 is 5.32 Å². The van der Waals surface area contributed by atoms with Crippen LogP contribution >= 0.6 is 0 Å². The number of aromatic nitrogens is 1. The maximum Gasteiger partial charge on any atom is 0.221 e. The molecular formula is C14H14N2O. The summed E-state index contributed by atoms with van der Waals surface area (Å²) in [6.07, 6.45) is 1.77. The van der Waals surface area contributed by atoms with Crippen molar-refractivity contribution in [2.75, 3.05) is 5.32 Å². The summed E-state index contributed by atoms with van der Waals surface area (Å²) in [5.41, 5.74) is 3.93. The summed E-state index contributed by atoms with van der Waals surface area (Å²) in [5, 5.41) is 2.76. The third-order valence-electron chi connectivity index (χ3n) is 2.49. The van der Waals surface area contributed by atoms with Crippen LogP contribution in [0.25, 0.3) is 11.3 Å². The van der Waals surface area contributed by atoms with Crippen LogP contribution in [0.3, 0.4) is 0 Å². The van der Waals surface area contributed by atoms with E-state index in [9.17, 15) is 4.79 Å². The zero-order valence-electron chi connectivity index (χ0n) is 9.90. The minimum Gasteiger partial charge on any atom is -0.326 e. The number of pyridine rings is 1. The van der Waals surface area contributed by atoms with Crippen molar-refractivity contribution in [1.82, 2.24) is 4.98 Å². The van der Waals surface area contributed by atoms with Gasteiger partial charge >= 0.3 is 0 Å². The number of amides is 1. The molecule has 0 bridgehead atoms. The molecule has 86 valence electrons. The number of anilines is 1. The second-order valence-corrected chi connectivity index (χ2v) is 3.93. The molecule has 1 amide bonds. The molecule has 0 aliphatic heterocycles. The number of hydrogen-bond donors (Lipinski definition) is 1. The van der Waals surface area contributed by atoms with Crippen molar-refractivity contribution >= 4 is 11.6 Å². The molecule has 2 aromatic rings. The van der Waals surface area contributed by atoms with Gasteiger partial charge in [-0.3, -0.25) is 9.78 Å². The van der Waals surface area contributed by atoms with E-state index in [2.05, 4.69) is 10.3 Å². The quantitative estimate of drug-likeness (QED) is 0.855. The summed E-state index contributed by atoms with van der Waals surface area (Å²) >= 11 is 0. The van der Waals surface area contributed by atoms with Gasteiger partial charge in [0.05, 0.1) is 5.69 Å². The van der Waals surface area contributed by atoms with Crippen molar-refractivity contribution in [2.45, 2.75) is 13.8 Å². The Kier molecular flexibility index (Phi) is 3.19. The summed E-state index contributed by atoms with van der Waals surface area (Å²) < 4.78 is 0. The van der Waals surface area contributed by atoms with Crippen LogP contribution in [-0.2, 0) is 4.79 Å². The van der Waals surface area contributed by atoms with Crippen LogP contribution < -0.4 is 5.32 Å². The zero-order valence-corrected chi connectivity index (χ0v) is 9.90. The first kappa shape index (κ1) is 11.3. The molecule has 3 heteroatoms. The Morgan fingerprint density at radius 2 is 2.06 bits per heavy atom. The van der Waals surface area contributed by atoms with Gasteiger partial charge in [0.1, 0.15) is 0 Å². The van der Waals surface area contributed by atoms with Crippen LogP contribution in [0.5, 0.6) is 0 Å². The minimum absolute atomic E-state index is 0.0602. The number of carbonyl (C=O) groups is 1. The average molecular weight is 226 g/mol. The Labute approximate surface area is 101 Å². The number of aryl methyl sites for hydroxylation is 1. The normalized spacial score (nSPS) is 10.0. The van der Waals surface area contributed by atoms with Gasteiger partial charge in [-0.05, 0) is 36.8 Å². The van der Waals surface area contributed by atoms with Crippen LogP contribution in [0.1, 0.15) is 12.5 Å². The zero-order chi connectivity index (χ0) is 12.3. The molecule has 2 rings (SSSR count). The molecule has 0 aliphatic rings. The minimum atomic E-state index is -0.0602. The third kappa shape index (κ3) is 2.69. The highest BCUT2D eigenvalue weighted by Gasteiger charge is 2.04. The van der Waals surface area contributed by atoms with Gasteiger partial charge in [-0.2, -0.15) is 0 Å². The van der Waals surface area contributed by atoms with Gasteiger partial charge in [0.15, 0.2) is 0 Å².